The normalized spacial score (nSPS) is 14.1. The monoisotopic (exact) mass is 337 g/mol. The molecule has 0 fully saturated rings. The quantitative estimate of drug-likeness (QED) is 0.665. The van der Waals surface area contributed by atoms with Gasteiger partial charge in [0.1, 0.15) is 0 Å². The van der Waals surface area contributed by atoms with Gasteiger partial charge in [-0.25, -0.2) is 9.97 Å². The third-order valence-electron chi connectivity index (χ3n) is 2.81. The molecule has 0 aliphatic carbocycles. The van der Waals surface area contributed by atoms with E-state index >= 15 is 0 Å². The van der Waals surface area contributed by atoms with Gasteiger partial charge in [-0.2, -0.15) is 0 Å². The number of nitrogens with zero attached hydrogens (tertiary/aromatic N) is 2. The summed E-state index contributed by atoms with van der Waals surface area (Å²) in [6.07, 6.45) is 4.42. The Morgan fingerprint density at radius 1 is 1.26 bits per heavy atom. The lowest BCUT2D eigenvalue weighted by Crippen LogP contribution is -2.25. The maximum Gasteiger partial charge on any atom is 0.188 e. The fourth-order valence-electron chi connectivity index (χ4n) is 1.76. The van der Waals surface area contributed by atoms with Crippen LogP contribution in [0.15, 0.2) is 52.4 Å². The Labute approximate surface area is 126 Å². The fourth-order valence-corrected chi connectivity index (χ4v) is 3.30. The van der Waals surface area contributed by atoms with Crippen LogP contribution in [0.3, 0.4) is 0 Å². The summed E-state index contributed by atoms with van der Waals surface area (Å²) in [4.78, 5) is 8.54. The van der Waals surface area contributed by atoms with Crippen LogP contribution in [0.1, 0.15) is 24.2 Å². The lowest BCUT2D eigenvalue weighted by molar-refractivity contribution is 0.632. The van der Waals surface area contributed by atoms with Gasteiger partial charge in [-0.3, -0.25) is 0 Å². The lowest BCUT2D eigenvalue weighted by Gasteiger charge is -2.22. The van der Waals surface area contributed by atoms with Gasteiger partial charge < -0.3 is 5.73 Å². The van der Waals surface area contributed by atoms with Crippen LogP contribution in [0.4, 0.5) is 0 Å². The molecule has 0 radical (unpaired) electrons. The van der Waals surface area contributed by atoms with Gasteiger partial charge in [-0.15, -0.1) is 0 Å². The summed E-state index contributed by atoms with van der Waals surface area (Å²) < 4.78 is 1.06. The van der Waals surface area contributed by atoms with Gasteiger partial charge in [0.05, 0.1) is 5.25 Å². The average molecular weight is 338 g/mol. The zero-order valence-corrected chi connectivity index (χ0v) is 13.1. The van der Waals surface area contributed by atoms with Crippen LogP contribution in [0.5, 0.6) is 0 Å². The van der Waals surface area contributed by atoms with Gasteiger partial charge in [-0.05, 0) is 30.2 Å². The second kappa shape index (κ2) is 7.03. The number of hydrogen-bond donors (Lipinski definition) is 1. The van der Waals surface area contributed by atoms with Gasteiger partial charge in [0.25, 0.3) is 0 Å². The summed E-state index contributed by atoms with van der Waals surface area (Å²) in [5.41, 5.74) is 7.45. The van der Waals surface area contributed by atoms with E-state index in [0.717, 1.165) is 16.0 Å². The summed E-state index contributed by atoms with van der Waals surface area (Å²) in [7, 11) is 0. The topological polar surface area (TPSA) is 51.8 Å². The molecule has 0 spiro atoms. The van der Waals surface area contributed by atoms with Crippen molar-refractivity contribution in [1.82, 2.24) is 9.97 Å². The molecule has 2 aromatic rings. The molecule has 19 heavy (non-hydrogen) atoms. The first-order chi connectivity index (χ1) is 9.20. The minimum Gasteiger partial charge on any atom is -0.326 e. The number of halogens is 1. The van der Waals surface area contributed by atoms with E-state index in [4.69, 9.17) is 5.73 Å². The summed E-state index contributed by atoms with van der Waals surface area (Å²) in [6.45, 7) is 2.10. The highest BCUT2D eigenvalue weighted by Crippen LogP contribution is 2.36. The molecule has 0 aliphatic heterocycles. The highest BCUT2D eigenvalue weighted by atomic mass is 79.9. The number of thioether (sulfide) groups is 1. The van der Waals surface area contributed by atoms with Crippen molar-refractivity contribution >= 4 is 27.7 Å². The first-order valence-corrected chi connectivity index (χ1v) is 7.82. The third-order valence-corrected chi connectivity index (χ3v) is 4.60. The molecule has 0 saturated carbocycles. The molecule has 100 valence electrons. The van der Waals surface area contributed by atoms with Crippen LogP contribution >= 0.6 is 27.7 Å². The lowest BCUT2D eigenvalue weighted by atomic mass is 10.0. The van der Waals surface area contributed by atoms with E-state index in [9.17, 15) is 0 Å². The molecule has 2 rings (SSSR count). The highest BCUT2D eigenvalue weighted by molar-refractivity contribution is 9.10. The summed E-state index contributed by atoms with van der Waals surface area (Å²) >= 11 is 5.12. The van der Waals surface area contributed by atoms with Crippen molar-refractivity contribution in [3.05, 3.63) is 52.8 Å². The van der Waals surface area contributed by atoms with Crippen LogP contribution in [0, 0.1) is 0 Å². The van der Waals surface area contributed by atoms with Gasteiger partial charge in [-0.1, -0.05) is 46.7 Å². The first kappa shape index (κ1) is 14.5. The number of aromatic nitrogens is 2. The number of hydrogen-bond acceptors (Lipinski definition) is 4. The Kier molecular flexibility index (Phi) is 5.36. The maximum absolute atomic E-state index is 6.26. The Balaban J connectivity index is 2.26. The molecule has 5 heteroatoms. The SMILES string of the molecule is CCC(N)C(Sc1ncccn1)c1cccc(Br)c1. The molecular weight excluding hydrogens is 322 g/mol. The molecule has 1 heterocycles. The van der Waals surface area contributed by atoms with Crippen LogP contribution in [0.2, 0.25) is 0 Å². The van der Waals surface area contributed by atoms with Gasteiger partial charge >= 0.3 is 0 Å². The molecule has 3 nitrogen and oxygen atoms in total. The largest absolute Gasteiger partial charge is 0.326 e. The standard InChI is InChI=1S/C14H16BrN3S/c1-2-12(16)13(10-5-3-6-11(15)9-10)19-14-17-7-4-8-18-14/h3-9,12-13H,2,16H2,1H3. The van der Waals surface area contributed by atoms with Crippen molar-refractivity contribution < 1.29 is 0 Å². The summed E-state index contributed by atoms with van der Waals surface area (Å²) in [6, 6.07) is 10.1. The van der Waals surface area contributed by atoms with E-state index in [2.05, 4.69) is 45.0 Å². The molecule has 1 aromatic carbocycles. The van der Waals surface area contributed by atoms with Crippen LogP contribution in [-0.4, -0.2) is 16.0 Å². The zero-order chi connectivity index (χ0) is 13.7. The third kappa shape index (κ3) is 4.03. The van der Waals surface area contributed by atoms with Crippen LogP contribution < -0.4 is 5.73 Å². The first-order valence-electron chi connectivity index (χ1n) is 6.15. The maximum atomic E-state index is 6.26. The zero-order valence-electron chi connectivity index (χ0n) is 10.7. The van der Waals surface area contributed by atoms with Crippen molar-refractivity contribution in [2.45, 2.75) is 29.8 Å². The van der Waals surface area contributed by atoms with E-state index in [1.54, 1.807) is 24.2 Å². The molecule has 0 aliphatic rings. The minimum atomic E-state index is 0.0723. The van der Waals surface area contributed by atoms with E-state index < -0.39 is 0 Å². The van der Waals surface area contributed by atoms with Gasteiger partial charge in [0, 0.05) is 22.9 Å². The highest BCUT2D eigenvalue weighted by Gasteiger charge is 2.21. The number of rotatable bonds is 5. The molecule has 0 bridgehead atoms. The van der Waals surface area contributed by atoms with Crippen molar-refractivity contribution in [3.8, 4) is 0 Å². The molecule has 1 aromatic heterocycles. The van der Waals surface area contributed by atoms with Crippen molar-refractivity contribution in [2.75, 3.05) is 0 Å². The summed E-state index contributed by atoms with van der Waals surface area (Å²) in [5.74, 6) is 0. The second-order valence-electron chi connectivity index (χ2n) is 4.20. The van der Waals surface area contributed by atoms with Crippen molar-refractivity contribution in [2.24, 2.45) is 5.73 Å². The number of nitrogens with two attached hydrogens (primary N) is 1. The van der Waals surface area contributed by atoms with Gasteiger partial charge in [0.15, 0.2) is 5.16 Å². The Morgan fingerprint density at radius 2 is 2.00 bits per heavy atom. The van der Waals surface area contributed by atoms with Crippen LogP contribution in [0.25, 0.3) is 0 Å². The van der Waals surface area contributed by atoms with Crippen LogP contribution in [-0.2, 0) is 0 Å². The second-order valence-corrected chi connectivity index (χ2v) is 6.22. The van der Waals surface area contributed by atoms with Crippen molar-refractivity contribution in [1.29, 1.82) is 0 Å². The van der Waals surface area contributed by atoms with Gasteiger partial charge in [0.2, 0.25) is 0 Å². The van der Waals surface area contributed by atoms with Crippen molar-refractivity contribution in [3.63, 3.8) is 0 Å². The molecule has 2 atom stereocenters. The van der Waals surface area contributed by atoms with E-state index in [1.807, 2.05) is 18.2 Å². The molecule has 2 N–H and O–H groups in total. The Bertz CT molecular complexity index is 521. The smallest absolute Gasteiger partial charge is 0.188 e. The van der Waals surface area contributed by atoms with E-state index in [0.29, 0.717) is 0 Å². The predicted octanol–water partition coefficient (Wildman–Crippen LogP) is 3.81. The molecule has 0 amide bonds. The average Bonchev–Trinajstić information content (AvgIpc) is 2.45. The van der Waals surface area contributed by atoms with E-state index in [1.165, 1.54) is 5.56 Å². The predicted molar refractivity (Wildman–Crippen MR) is 83.0 cm³/mol. The minimum absolute atomic E-state index is 0.0723. The Morgan fingerprint density at radius 3 is 2.63 bits per heavy atom. The Hall–Kier alpha value is -0.910. The number of benzene rings is 1. The molecule has 0 saturated heterocycles. The van der Waals surface area contributed by atoms with E-state index in [-0.39, 0.29) is 11.3 Å². The molecule has 2 unspecified atom stereocenters. The summed E-state index contributed by atoms with van der Waals surface area (Å²) in [5, 5.41) is 0.918. The fraction of sp³-hybridized carbons (Fsp3) is 0.286. The molecular formula is C14H16BrN3S.